The van der Waals surface area contributed by atoms with E-state index >= 15 is 0 Å². The van der Waals surface area contributed by atoms with Crippen LogP contribution in [-0.2, 0) is 14.3 Å². The Labute approximate surface area is 92.8 Å². The van der Waals surface area contributed by atoms with E-state index in [9.17, 15) is 15.0 Å². The lowest BCUT2D eigenvalue weighted by molar-refractivity contribution is -0.260. The molecule has 0 saturated carbocycles. The van der Waals surface area contributed by atoms with Crippen molar-refractivity contribution in [3.05, 3.63) is 0 Å². The average Bonchev–Trinajstić information content (AvgIpc) is 2.28. The highest BCUT2D eigenvalue weighted by Gasteiger charge is 2.43. The monoisotopic (exact) mass is 235 g/mol. The Hall–Kier alpha value is -0.570. The fourth-order valence-electron chi connectivity index (χ4n) is 1.55. The number of rotatable bonds is 4. The quantitative estimate of drug-likeness (QED) is 0.393. The molecule has 1 rings (SSSR count). The molecule has 0 aromatic heterocycles. The summed E-state index contributed by atoms with van der Waals surface area (Å²) in [7, 11) is 0. The van der Waals surface area contributed by atoms with Crippen molar-refractivity contribution in [3.63, 3.8) is 0 Å². The minimum atomic E-state index is -1.34. The molecule has 6 atom stereocenters. The summed E-state index contributed by atoms with van der Waals surface area (Å²) in [6.07, 6.45) is -4.67. The zero-order valence-corrected chi connectivity index (χ0v) is 8.89. The molecule has 0 aromatic carbocycles. The van der Waals surface area contributed by atoms with Gasteiger partial charge in [-0.3, -0.25) is 0 Å². The van der Waals surface area contributed by atoms with Gasteiger partial charge in [0.2, 0.25) is 0 Å². The van der Waals surface area contributed by atoms with Gasteiger partial charge >= 0.3 is 0 Å². The van der Waals surface area contributed by atoms with E-state index in [0.717, 1.165) is 0 Å². The Morgan fingerprint density at radius 2 is 2.19 bits per heavy atom. The topological polar surface area (TPSA) is 122 Å². The molecule has 0 unspecified atom stereocenters. The molecule has 1 fully saturated rings. The number of carbonyl (C=O) groups is 1. The molecule has 0 aliphatic carbocycles. The summed E-state index contributed by atoms with van der Waals surface area (Å²) >= 11 is 0. The molecule has 1 aliphatic heterocycles. The van der Waals surface area contributed by atoms with Crippen molar-refractivity contribution in [2.45, 2.75) is 43.7 Å². The van der Waals surface area contributed by atoms with Crippen LogP contribution in [0, 0.1) is 0 Å². The molecular weight excluding hydrogens is 218 g/mol. The molecule has 7 heteroatoms. The molecule has 1 heterocycles. The van der Waals surface area contributed by atoms with Crippen LogP contribution < -0.4 is 5.73 Å². The van der Waals surface area contributed by atoms with Gasteiger partial charge in [-0.15, -0.1) is 0 Å². The first kappa shape index (κ1) is 13.5. The van der Waals surface area contributed by atoms with Crippen molar-refractivity contribution in [3.8, 4) is 0 Å². The van der Waals surface area contributed by atoms with Gasteiger partial charge in [-0.25, -0.2) is 0 Å². The third-order valence-electron chi connectivity index (χ3n) is 2.48. The zero-order chi connectivity index (χ0) is 12.3. The molecule has 16 heavy (non-hydrogen) atoms. The lowest BCUT2D eigenvalue weighted by atomic mass is 9.97. The summed E-state index contributed by atoms with van der Waals surface area (Å²) in [5.41, 5.74) is 5.58. The summed E-state index contributed by atoms with van der Waals surface area (Å²) in [5, 5.41) is 28.1. The van der Waals surface area contributed by atoms with Gasteiger partial charge in [0.25, 0.3) is 0 Å². The number of nitrogens with two attached hydrogens (primary N) is 1. The second-order valence-corrected chi connectivity index (χ2v) is 3.76. The molecule has 1 aliphatic rings. The maximum absolute atomic E-state index is 10.4. The number of aliphatic hydroxyl groups excluding tert-OH is 3. The predicted octanol–water partition coefficient (Wildman–Crippen LogP) is -2.64. The van der Waals surface area contributed by atoms with Crippen LogP contribution >= 0.6 is 0 Å². The highest BCUT2D eigenvalue weighted by atomic mass is 16.6. The van der Waals surface area contributed by atoms with E-state index in [0.29, 0.717) is 6.29 Å². The number of aliphatic hydroxyl groups is 3. The molecule has 7 nitrogen and oxygen atoms in total. The van der Waals surface area contributed by atoms with E-state index in [1.165, 1.54) is 6.92 Å². The molecule has 94 valence electrons. The normalized spacial score (nSPS) is 41.7. The molecule has 5 N–H and O–H groups in total. The first-order chi connectivity index (χ1) is 7.51. The predicted molar refractivity (Wildman–Crippen MR) is 52.3 cm³/mol. The maximum Gasteiger partial charge on any atom is 0.173 e. The highest BCUT2D eigenvalue weighted by Crippen LogP contribution is 2.21. The number of aldehydes is 1. The lowest BCUT2D eigenvalue weighted by Gasteiger charge is -2.41. The van der Waals surface area contributed by atoms with Gasteiger partial charge in [-0.1, -0.05) is 0 Å². The fourth-order valence-corrected chi connectivity index (χ4v) is 1.55. The van der Waals surface area contributed by atoms with Crippen LogP contribution in [0.25, 0.3) is 0 Å². The summed E-state index contributed by atoms with van der Waals surface area (Å²) in [6.45, 7) is 1.02. The van der Waals surface area contributed by atoms with Crippen molar-refractivity contribution in [2.24, 2.45) is 5.73 Å². The number of ether oxygens (including phenoxy) is 2. The Bertz CT molecular complexity index is 238. The van der Waals surface area contributed by atoms with E-state index in [-0.39, 0.29) is 0 Å². The van der Waals surface area contributed by atoms with Crippen molar-refractivity contribution in [1.82, 2.24) is 0 Å². The number of carbonyl (C=O) groups excluding carboxylic acids is 1. The van der Waals surface area contributed by atoms with Crippen LogP contribution in [0.4, 0.5) is 0 Å². The third-order valence-corrected chi connectivity index (χ3v) is 2.48. The lowest BCUT2D eigenvalue weighted by Crippen LogP contribution is -2.63. The van der Waals surface area contributed by atoms with Crippen LogP contribution in [0.3, 0.4) is 0 Å². The van der Waals surface area contributed by atoms with Crippen LogP contribution in [0.5, 0.6) is 0 Å². The molecule has 0 spiro atoms. The average molecular weight is 235 g/mol. The van der Waals surface area contributed by atoms with Gasteiger partial charge < -0.3 is 35.3 Å². The summed E-state index contributed by atoms with van der Waals surface area (Å²) in [6, 6.07) is -0.972. The van der Waals surface area contributed by atoms with Gasteiger partial charge in [0.05, 0.1) is 12.6 Å². The second-order valence-electron chi connectivity index (χ2n) is 3.76. The second kappa shape index (κ2) is 5.67. The highest BCUT2D eigenvalue weighted by molar-refractivity contribution is 5.55. The number of hydrogen-bond acceptors (Lipinski definition) is 7. The smallest absolute Gasteiger partial charge is 0.173 e. The largest absolute Gasteiger partial charge is 0.394 e. The Morgan fingerprint density at radius 3 is 2.69 bits per heavy atom. The van der Waals surface area contributed by atoms with E-state index < -0.39 is 43.4 Å². The van der Waals surface area contributed by atoms with Crippen molar-refractivity contribution in [1.29, 1.82) is 0 Å². The maximum atomic E-state index is 10.4. The summed E-state index contributed by atoms with van der Waals surface area (Å²) in [4.78, 5) is 10.4. The minimum Gasteiger partial charge on any atom is -0.394 e. The van der Waals surface area contributed by atoms with Crippen LogP contribution in [0.1, 0.15) is 6.92 Å². The molecule has 1 saturated heterocycles. The third kappa shape index (κ3) is 2.76. The number of hydrogen-bond donors (Lipinski definition) is 4. The van der Waals surface area contributed by atoms with Gasteiger partial charge in [0.1, 0.15) is 30.7 Å². The Morgan fingerprint density at radius 1 is 1.56 bits per heavy atom. The summed E-state index contributed by atoms with van der Waals surface area (Å²) < 4.78 is 10.0. The van der Waals surface area contributed by atoms with E-state index in [2.05, 4.69) is 0 Å². The van der Waals surface area contributed by atoms with E-state index in [1.807, 2.05) is 0 Å². The zero-order valence-electron chi connectivity index (χ0n) is 8.89. The Balaban J connectivity index is 2.72. The van der Waals surface area contributed by atoms with Crippen molar-refractivity contribution in [2.75, 3.05) is 6.61 Å². The van der Waals surface area contributed by atoms with Gasteiger partial charge in [-0.05, 0) is 6.92 Å². The van der Waals surface area contributed by atoms with Gasteiger partial charge in [0.15, 0.2) is 6.29 Å². The SMILES string of the molecule is C[C@H](C=O)O[C@@H]1[C@@H](N)[C@H](O)O[C@H](CO)[C@H]1O. The van der Waals surface area contributed by atoms with Crippen molar-refractivity contribution < 1.29 is 29.6 Å². The standard InChI is InChI=1S/C9H17NO6/c1-4(2-11)15-8-6(10)9(14)16-5(3-12)7(8)13/h2,4-9,12-14H,3,10H2,1H3/t4-,5-,6-,7-,8-,9-/m1/s1. The molecule has 0 bridgehead atoms. The van der Waals surface area contributed by atoms with Crippen molar-refractivity contribution >= 4 is 6.29 Å². The minimum absolute atomic E-state index is 0.472. The summed E-state index contributed by atoms with van der Waals surface area (Å²) in [5.74, 6) is 0. The molecule has 0 aromatic rings. The van der Waals surface area contributed by atoms with Gasteiger partial charge in [-0.2, -0.15) is 0 Å². The van der Waals surface area contributed by atoms with Crippen LogP contribution in [0.15, 0.2) is 0 Å². The first-order valence-electron chi connectivity index (χ1n) is 5.00. The molecule has 0 radical (unpaired) electrons. The van der Waals surface area contributed by atoms with Gasteiger partial charge in [0, 0.05) is 0 Å². The molecule has 0 amide bonds. The van der Waals surface area contributed by atoms with E-state index in [4.69, 9.17) is 20.3 Å². The van der Waals surface area contributed by atoms with Crippen LogP contribution in [0.2, 0.25) is 0 Å². The van der Waals surface area contributed by atoms with E-state index in [1.54, 1.807) is 0 Å². The molecular formula is C9H17NO6. The van der Waals surface area contributed by atoms with Crippen LogP contribution in [-0.4, -0.2) is 65.0 Å². The fraction of sp³-hybridized carbons (Fsp3) is 0.889. The first-order valence-corrected chi connectivity index (χ1v) is 5.00. The Kier molecular flexibility index (Phi) is 4.78.